The number of nitrogens with two attached hydrogens (primary N) is 1. The van der Waals surface area contributed by atoms with Crippen LogP contribution in [-0.4, -0.2) is 25.3 Å². The molecule has 1 amide bonds. The molecule has 0 radical (unpaired) electrons. The molecule has 1 aromatic carbocycles. The molecule has 0 aliphatic heterocycles. The number of hydrogen-bond acceptors (Lipinski definition) is 4. The number of carbonyl (C=O) groups excluding carboxylic acids is 1. The molecule has 1 heterocycles. The zero-order valence-corrected chi connectivity index (χ0v) is 13.7. The van der Waals surface area contributed by atoms with E-state index in [2.05, 4.69) is 0 Å². The van der Waals surface area contributed by atoms with Gasteiger partial charge in [-0.05, 0) is 25.0 Å². The number of rotatable bonds is 5. The van der Waals surface area contributed by atoms with Crippen LogP contribution in [0.4, 0.5) is 4.39 Å². The van der Waals surface area contributed by atoms with Crippen molar-refractivity contribution in [2.45, 2.75) is 29.6 Å². The highest BCUT2D eigenvalue weighted by Gasteiger charge is 2.34. The van der Waals surface area contributed by atoms with Crippen LogP contribution in [0.15, 0.2) is 39.9 Å². The molecule has 8 heteroatoms. The smallest absolute Gasteiger partial charge is 0.255 e. The molecule has 0 bridgehead atoms. The fourth-order valence-corrected chi connectivity index (χ4v) is 3.89. The maximum atomic E-state index is 13.8. The lowest BCUT2D eigenvalue weighted by Crippen LogP contribution is -2.32. The van der Waals surface area contributed by atoms with Crippen LogP contribution in [0.5, 0.6) is 0 Å². The quantitative estimate of drug-likeness (QED) is 0.895. The van der Waals surface area contributed by atoms with Crippen LogP contribution < -0.4 is 5.14 Å². The average Bonchev–Trinajstić information content (AvgIpc) is 3.19. The van der Waals surface area contributed by atoms with Crippen molar-refractivity contribution >= 4 is 27.3 Å². The third kappa shape index (κ3) is 3.60. The summed E-state index contributed by atoms with van der Waals surface area (Å²) in [5.41, 5.74) is 0.705. The van der Waals surface area contributed by atoms with Gasteiger partial charge >= 0.3 is 0 Å². The summed E-state index contributed by atoms with van der Waals surface area (Å²) >= 11 is 0.909. The first-order chi connectivity index (χ1) is 10.9. The van der Waals surface area contributed by atoms with E-state index in [0.29, 0.717) is 5.56 Å². The Balaban J connectivity index is 1.85. The van der Waals surface area contributed by atoms with Crippen molar-refractivity contribution < 1.29 is 17.6 Å². The number of thiophene rings is 1. The Morgan fingerprint density at radius 1 is 1.35 bits per heavy atom. The number of sulfonamides is 1. The molecule has 0 spiro atoms. The summed E-state index contributed by atoms with van der Waals surface area (Å²) in [5, 5.41) is 6.54. The maximum absolute atomic E-state index is 13.8. The first kappa shape index (κ1) is 16.1. The molecular formula is C15H15FN2O3S2. The zero-order valence-electron chi connectivity index (χ0n) is 12.1. The average molecular weight is 354 g/mol. The summed E-state index contributed by atoms with van der Waals surface area (Å²) in [6.45, 7) is 0.163. The summed E-state index contributed by atoms with van der Waals surface area (Å²) in [4.78, 5) is 14.2. The van der Waals surface area contributed by atoms with Gasteiger partial charge < -0.3 is 4.90 Å². The highest BCUT2D eigenvalue weighted by Crippen LogP contribution is 2.31. The molecule has 2 N–H and O–H groups in total. The van der Waals surface area contributed by atoms with Crippen molar-refractivity contribution in [1.82, 2.24) is 4.90 Å². The topological polar surface area (TPSA) is 80.5 Å². The van der Waals surface area contributed by atoms with E-state index in [4.69, 9.17) is 5.14 Å². The Morgan fingerprint density at radius 2 is 2.04 bits per heavy atom. The van der Waals surface area contributed by atoms with Gasteiger partial charge in [-0.25, -0.2) is 17.9 Å². The standard InChI is InChI=1S/C15H15FN2O3S2/c16-13-4-2-1-3-10(13)8-18(12-5-6-12)15(19)11-7-14(22-9-11)23(17,20)21/h1-4,7,9,12H,5-6,8H2,(H2,17,20,21). The molecule has 1 aliphatic rings. The summed E-state index contributed by atoms with van der Waals surface area (Å²) in [7, 11) is -3.82. The lowest BCUT2D eigenvalue weighted by atomic mass is 10.2. The van der Waals surface area contributed by atoms with Gasteiger partial charge in [0, 0.05) is 23.5 Å². The Bertz CT molecular complexity index is 844. The Morgan fingerprint density at radius 3 is 2.61 bits per heavy atom. The van der Waals surface area contributed by atoms with Gasteiger partial charge in [0.25, 0.3) is 5.91 Å². The van der Waals surface area contributed by atoms with Gasteiger partial charge in [0.05, 0.1) is 5.56 Å². The predicted molar refractivity (Wildman–Crippen MR) is 85.0 cm³/mol. The van der Waals surface area contributed by atoms with E-state index in [9.17, 15) is 17.6 Å². The highest BCUT2D eigenvalue weighted by atomic mass is 32.2. The molecule has 122 valence electrons. The molecule has 23 heavy (non-hydrogen) atoms. The second kappa shape index (κ2) is 6.03. The fraction of sp³-hybridized carbons (Fsp3) is 0.267. The van der Waals surface area contributed by atoms with E-state index in [1.165, 1.54) is 17.5 Å². The van der Waals surface area contributed by atoms with Crippen LogP contribution in [0.25, 0.3) is 0 Å². The van der Waals surface area contributed by atoms with Crippen molar-refractivity contribution in [3.63, 3.8) is 0 Å². The Labute approximate surface area is 137 Å². The minimum atomic E-state index is -3.82. The van der Waals surface area contributed by atoms with E-state index in [0.717, 1.165) is 24.2 Å². The molecule has 1 saturated carbocycles. The summed E-state index contributed by atoms with van der Waals surface area (Å²) in [6, 6.07) is 7.66. The fourth-order valence-electron chi connectivity index (χ4n) is 2.31. The van der Waals surface area contributed by atoms with Gasteiger partial charge in [0.1, 0.15) is 10.0 Å². The number of amides is 1. The second-order valence-corrected chi connectivity index (χ2v) is 8.15. The first-order valence-electron chi connectivity index (χ1n) is 7.02. The number of hydrogen-bond donors (Lipinski definition) is 1. The third-order valence-electron chi connectivity index (χ3n) is 3.65. The number of benzene rings is 1. The van der Waals surface area contributed by atoms with Gasteiger partial charge in [-0.2, -0.15) is 0 Å². The van der Waals surface area contributed by atoms with Gasteiger partial charge in [0.15, 0.2) is 0 Å². The highest BCUT2D eigenvalue weighted by molar-refractivity contribution is 7.91. The number of nitrogens with zero attached hydrogens (tertiary/aromatic N) is 1. The van der Waals surface area contributed by atoms with E-state index < -0.39 is 10.0 Å². The van der Waals surface area contributed by atoms with Gasteiger partial charge in [-0.1, -0.05) is 18.2 Å². The largest absolute Gasteiger partial charge is 0.331 e. The molecule has 0 unspecified atom stereocenters. The van der Waals surface area contributed by atoms with E-state index in [-0.39, 0.29) is 34.1 Å². The van der Waals surface area contributed by atoms with E-state index >= 15 is 0 Å². The summed E-state index contributed by atoms with van der Waals surface area (Å²) < 4.78 is 36.4. The molecule has 1 aliphatic carbocycles. The summed E-state index contributed by atoms with van der Waals surface area (Å²) in [6.07, 6.45) is 1.73. The molecule has 1 aromatic heterocycles. The van der Waals surface area contributed by atoms with Crippen LogP contribution in [0.2, 0.25) is 0 Å². The molecule has 5 nitrogen and oxygen atoms in total. The molecular weight excluding hydrogens is 339 g/mol. The van der Waals surface area contributed by atoms with Crippen molar-refractivity contribution in [3.8, 4) is 0 Å². The van der Waals surface area contributed by atoms with Gasteiger partial charge in [-0.15, -0.1) is 11.3 Å². The number of carbonyl (C=O) groups is 1. The van der Waals surface area contributed by atoms with Crippen LogP contribution >= 0.6 is 11.3 Å². The molecule has 3 rings (SSSR count). The van der Waals surface area contributed by atoms with Crippen LogP contribution in [-0.2, 0) is 16.6 Å². The number of primary sulfonamides is 1. The van der Waals surface area contributed by atoms with Crippen molar-refractivity contribution in [3.05, 3.63) is 52.7 Å². The molecule has 0 atom stereocenters. The number of halogens is 1. The lowest BCUT2D eigenvalue weighted by Gasteiger charge is -2.22. The minimum absolute atomic E-state index is 0.0533. The SMILES string of the molecule is NS(=O)(=O)c1cc(C(=O)N(Cc2ccccc2F)C2CC2)cs1. The second-order valence-electron chi connectivity index (χ2n) is 5.46. The first-order valence-corrected chi connectivity index (χ1v) is 9.44. The Hall–Kier alpha value is -1.77. The lowest BCUT2D eigenvalue weighted by molar-refractivity contribution is 0.0728. The third-order valence-corrected chi connectivity index (χ3v) is 6.04. The zero-order chi connectivity index (χ0) is 16.6. The molecule has 0 saturated heterocycles. The summed E-state index contributed by atoms with van der Waals surface area (Å²) in [5.74, 6) is -0.664. The monoisotopic (exact) mass is 354 g/mol. The van der Waals surface area contributed by atoms with E-state index in [1.54, 1.807) is 23.1 Å². The van der Waals surface area contributed by atoms with Crippen LogP contribution in [0.3, 0.4) is 0 Å². The van der Waals surface area contributed by atoms with Crippen molar-refractivity contribution in [1.29, 1.82) is 0 Å². The normalized spacial score (nSPS) is 14.7. The van der Waals surface area contributed by atoms with Crippen molar-refractivity contribution in [2.24, 2.45) is 5.14 Å². The van der Waals surface area contributed by atoms with Crippen LogP contribution in [0, 0.1) is 5.82 Å². The molecule has 2 aromatic rings. The predicted octanol–water partition coefficient (Wildman–Crippen LogP) is 2.34. The molecule has 1 fully saturated rings. The van der Waals surface area contributed by atoms with Gasteiger partial charge in [0.2, 0.25) is 10.0 Å². The van der Waals surface area contributed by atoms with E-state index in [1.807, 2.05) is 0 Å². The Kier molecular flexibility index (Phi) is 4.22. The van der Waals surface area contributed by atoms with Crippen LogP contribution in [0.1, 0.15) is 28.8 Å². The minimum Gasteiger partial charge on any atom is -0.331 e. The van der Waals surface area contributed by atoms with Crippen molar-refractivity contribution in [2.75, 3.05) is 0 Å². The maximum Gasteiger partial charge on any atom is 0.255 e. The van der Waals surface area contributed by atoms with Gasteiger partial charge in [-0.3, -0.25) is 4.79 Å².